The molecule has 0 amide bonds. The van der Waals surface area contributed by atoms with Gasteiger partial charge in [-0.05, 0) is 238 Å². The molecule has 0 saturated carbocycles. The van der Waals surface area contributed by atoms with Crippen LogP contribution in [-0.4, -0.2) is 24.1 Å². The second kappa shape index (κ2) is 23.3. The quantitative estimate of drug-likeness (QED) is 0.137. The van der Waals surface area contributed by atoms with Gasteiger partial charge in [0.2, 0.25) is 0 Å². The van der Waals surface area contributed by atoms with Crippen molar-refractivity contribution >= 4 is 43.6 Å². The minimum Gasteiger partial charge on any atom is -0.309 e. The molecule has 0 bridgehead atoms. The van der Waals surface area contributed by atoms with Crippen molar-refractivity contribution in [3.8, 4) is 101 Å². The van der Waals surface area contributed by atoms with E-state index in [0.717, 1.165) is 116 Å². The smallest absolute Gasteiger partial charge is 0.309 e. The van der Waals surface area contributed by atoms with Crippen LogP contribution in [0.1, 0.15) is 66.8 Å². The highest BCUT2D eigenvalue weighted by Gasteiger charge is 2.33. The monoisotopic (exact) mass is 1240 g/mol. The summed E-state index contributed by atoms with van der Waals surface area (Å²) in [7, 11) is 0. The first-order valence-corrected chi connectivity index (χ1v) is 32.5. The van der Waals surface area contributed by atoms with Gasteiger partial charge in [-0.1, -0.05) is 168 Å². The van der Waals surface area contributed by atoms with Crippen LogP contribution in [0.15, 0.2) is 224 Å². The van der Waals surface area contributed by atoms with E-state index in [4.69, 9.17) is 15.0 Å². The Hall–Kier alpha value is -11.0. The maximum atomic E-state index is 15.9. The summed E-state index contributed by atoms with van der Waals surface area (Å²) in [5, 5.41) is 3.91. The molecule has 0 aliphatic rings. The summed E-state index contributed by atoms with van der Waals surface area (Å²) >= 11 is 0. The Labute approximate surface area is 552 Å². The van der Waals surface area contributed by atoms with Gasteiger partial charge >= 0.3 is 6.18 Å². The van der Waals surface area contributed by atoms with Crippen LogP contribution in [-0.2, 0) is 6.18 Å². The number of alkyl halides is 3. The van der Waals surface area contributed by atoms with Gasteiger partial charge < -0.3 is 9.13 Å². The van der Waals surface area contributed by atoms with E-state index in [-0.39, 0.29) is 0 Å². The second-order valence-corrected chi connectivity index (χ2v) is 26.2. The highest BCUT2D eigenvalue weighted by Crippen LogP contribution is 2.48. The third-order valence-corrected chi connectivity index (χ3v) is 19.2. The van der Waals surface area contributed by atoms with Gasteiger partial charge in [-0.15, -0.1) is 0 Å². The number of aromatic nitrogens is 5. The lowest BCUT2D eigenvalue weighted by molar-refractivity contribution is -0.137. The number of aryl methyl sites for hydroxylation is 11. The predicted molar refractivity (Wildman–Crippen MR) is 389 cm³/mol. The lowest BCUT2D eigenvalue weighted by atomic mass is 9.91. The predicted octanol–water partition coefficient (Wildman–Crippen LogP) is 23.8. The first-order chi connectivity index (χ1) is 45.7. The molecule has 0 spiro atoms. The van der Waals surface area contributed by atoms with Crippen LogP contribution in [0.2, 0.25) is 0 Å². The fraction of sp³-hybridized carbons (Fsp3) is 0.138. The number of benzene rings is 12. The summed E-state index contributed by atoms with van der Waals surface area (Å²) in [6, 6.07) is 76.5. The number of rotatable bonds is 10. The molecule has 5 nitrogen and oxygen atoms in total. The molecule has 12 aromatic carbocycles. The standard InChI is InChI=1S/C87H70F3N5/c1-49-22-29-68(53(5)36-49)62-23-31-78-71(43-62)72-44-65(83-58(10)41-52(4)42-59(83)11)26-34-79(72)95(78)80-48-67(87(88,89)90)28-30-69(80)70-47-66(86-92-84(60-18-14-12-15-19-60)91-85(93-86)61-20-16-13-17-21-61)27-35-75(70)94-76-32-24-63(81-54(6)37-50(2)38-55(81)7)45-73(76)74-46-64(25-33-77(74)94)82-56(8)39-51(3)40-57(82)9/h12-48H,1-11H3. The molecule has 0 aliphatic heterocycles. The van der Waals surface area contributed by atoms with Crippen molar-refractivity contribution in [2.75, 3.05) is 0 Å². The summed E-state index contributed by atoms with van der Waals surface area (Å²) in [5.41, 5.74) is 29.1. The topological polar surface area (TPSA) is 48.5 Å². The Kier molecular flexibility index (Phi) is 14.8. The largest absolute Gasteiger partial charge is 0.416 e. The van der Waals surface area contributed by atoms with E-state index in [9.17, 15) is 0 Å². The molecular formula is C87H70F3N5. The zero-order chi connectivity index (χ0) is 65.9. The molecular weight excluding hydrogens is 1170 g/mol. The normalized spacial score (nSPS) is 11.9. The highest BCUT2D eigenvalue weighted by molar-refractivity contribution is 6.14. The Bertz CT molecular complexity index is 5410. The van der Waals surface area contributed by atoms with Gasteiger partial charge in [0.25, 0.3) is 0 Å². The van der Waals surface area contributed by atoms with Gasteiger partial charge in [-0.3, -0.25) is 0 Å². The van der Waals surface area contributed by atoms with Gasteiger partial charge in [0.05, 0.1) is 39.0 Å². The molecule has 0 N–H and O–H groups in total. The molecule has 3 heterocycles. The second-order valence-electron chi connectivity index (χ2n) is 26.2. The fourth-order valence-electron chi connectivity index (χ4n) is 15.4. The Morgan fingerprint density at radius 3 is 1.03 bits per heavy atom. The summed E-state index contributed by atoms with van der Waals surface area (Å²) in [5.74, 6) is 1.39. The summed E-state index contributed by atoms with van der Waals surface area (Å²) in [6.45, 7) is 23.7. The van der Waals surface area contributed by atoms with Gasteiger partial charge in [0.15, 0.2) is 17.5 Å². The minimum atomic E-state index is -4.70. The van der Waals surface area contributed by atoms with Crippen LogP contribution in [0.4, 0.5) is 13.2 Å². The van der Waals surface area contributed by atoms with Crippen LogP contribution in [0.3, 0.4) is 0 Å². The number of fused-ring (bicyclic) bond motifs is 6. The first kappa shape index (κ1) is 60.3. The van der Waals surface area contributed by atoms with E-state index in [0.29, 0.717) is 39.9 Å². The summed E-state index contributed by atoms with van der Waals surface area (Å²) < 4.78 is 52.2. The first-order valence-electron chi connectivity index (χ1n) is 32.5. The molecule has 0 radical (unpaired) electrons. The van der Waals surface area contributed by atoms with Gasteiger partial charge in [0.1, 0.15) is 0 Å². The minimum absolute atomic E-state index is 0.361. The number of hydrogen-bond acceptors (Lipinski definition) is 3. The maximum Gasteiger partial charge on any atom is 0.416 e. The molecule has 464 valence electrons. The molecule has 15 aromatic rings. The lowest BCUT2D eigenvalue weighted by Crippen LogP contribution is -2.08. The number of nitrogens with zero attached hydrogens (tertiary/aromatic N) is 5. The zero-order valence-corrected chi connectivity index (χ0v) is 55.2. The average Bonchev–Trinajstić information content (AvgIpc) is 1.66. The molecule has 0 saturated heterocycles. The van der Waals surface area contributed by atoms with E-state index in [2.05, 4.69) is 225 Å². The van der Waals surface area contributed by atoms with Crippen LogP contribution < -0.4 is 0 Å². The molecule has 8 heteroatoms. The third kappa shape index (κ3) is 10.7. The Morgan fingerprint density at radius 1 is 0.263 bits per heavy atom. The average molecular weight is 1240 g/mol. The van der Waals surface area contributed by atoms with E-state index in [1.807, 2.05) is 66.7 Å². The van der Waals surface area contributed by atoms with E-state index < -0.39 is 11.7 Å². The zero-order valence-electron chi connectivity index (χ0n) is 55.2. The van der Waals surface area contributed by atoms with Crippen molar-refractivity contribution < 1.29 is 13.2 Å². The van der Waals surface area contributed by atoms with Gasteiger partial charge in [0, 0.05) is 49.4 Å². The fourth-order valence-corrected chi connectivity index (χ4v) is 15.4. The van der Waals surface area contributed by atoms with Crippen LogP contribution in [0.25, 0.3) is 145 Å². The Balaban J connectivity index is 1.06. The molecule has 3 aromatic heterocycles. The summed E-state index contributed by atoms with van der Waals surface area (Å²) in [6.07, 6.45) is -4.70. The van der Waals surface area contributed by atoms with Crippen LogP contribution >= 0.6 is 0 Å². The Morgan fingerprint density at radius 2 is 0.621 bits per heavy atom. The molecule has 0 fully saturated rings. The molecule has 0 atom stereocenters. The van der Waals surface area contributed by atoms with Crippen molar-refractivity contribution in [2.24, 2.45) is 0 Å². The van der Waals surface area contributed by atoms with Gasteiger partial charge in [-0.2, -0.15) is 13.2 Å². The molecule has 0 aliphatic carbocycles. The number of hydrogen-bond donors (Lipinski definition) is 0. The molecule has 0 unspecified atom stereocenters. The highest BCUT2D eigenvalue weighted by atomic mass is 19.4. The van der Waals surface area contributed by atoms with E-state index >= 15 is 13.2 Å². The van der Waals surface area contributed by atoms with E-state index in [1.54, 1.807) is 6.07 Å². The van der Waals surface area contributed by atoms with Crippen LogP contribution in [0, 0.1) is 76.2 Å². The number of halogens is 3. The van der Waals surface area contributed by atoms with Crippen molar-refractivity contribution in [3.63, 3.8) is 0 Å². The van der Waals surface area contributed by atoms with Crippen LogP contribution in [0.5, 0.6) is 0 Å². The van der Waals surface area contributed by atoms with E-state index in [1.165, 1.54) is 62.2 Å². The molecule has 95 heavy (non-hydrogen) atoms. The summed E-state index contributed by atoms with van der Waals surface area (Å²) in [4.78, 5) is 15.6. The van der Waals surface area contributed by atoms with Crippen molar-refractivity contribution in [2.45, 2.75) is 82.3 Å². The van der Waals surface area contributed by atoms with Crippen molar-refractivity contribution in [1.82, 2.24) is 24.1 Å². The maximum absolute atomic E-state index is 15.9. The molecule has 15 rings (SSSR count). The van der Waals surface area contributed by atoms with Crippen molar-refractivity contribution in [1.29, 1.82) is 0 Å². The SMILES string of the molecule is Cc1ccc(-c2ccc3c(c2)c2cc(-c4c(C)cc(C)cc4C)ccc2n3-c2cc(C(F)(F)F)ccc2-c2cc(-c3nc(-c4ccccc4)nc(-c4ccccc4)n3)ccc2-n2c3ccc(-c4c(C)cc(C)cc4C)cc3c3cc(-c4c(C)cc(C)cc4C)ccc32)c(C)c1. The third-order valence-electron chi connectivity index (χ3n) is 19.2. The van der Waals surface area contributed by atoms with Crippen molar-refractivity contribution in [3.05, 3.63) is 291 Å². The lowest BCUT2D eigenvalue weighted by Gasteiger charge is -2.21. The van der Waals surface area contributed by atoms with Gasteiger partial charge in [-0.25, -0.2) is 15.0 Å².